The summed E-state index contributed by atoms with van der Waals surface area (Å²) < 4.78 is 0. The Bertz CT molecular complexity index is 592. The number of hydrogen-bond donors (Lipinski definition) is 3. The first kappa shape index (κ1) is 24.3. The number of hydrogen-bond acceptors (Lipinski definition) is 4. The molecule has 4 atom stereocenters. The van der Waals surface area contributed by atoms with Crippen molar-refractivity contribution in [3.8, 4) is 0 Å². The highest BCUT2D eigenvalue weighted by atomic mass is 16.2. The highest BCUT2D eigenvalue weighted by Crippen LogP contribution is 2.35. The van der Waals surface area contributed by atoms with Crippen LogP contribution in [0.3, 0.4) is 0 Å². The van der Waals surface area contributed by atoms with Crippen molar-refractivity contribution in [3.63, 3.8) is 0 Å². The van der Waals surface area contributed by atoms with E-state index in [1.165, 1.54) is 0 Å². The summed E-state index contributed by atoms with van der Waals surface area (Å²) in [5.41, 5.74) is 6.79. The third-order valence-electron chi connectivity index (χ3n) is 5.46. The van der Waals surface area contributed by atoms with Gasteiger partial charge in [-0.15, -0.1) is 0 Å². The molecule has 2 unspecified atom stereocenters. The second-order valence-corrected chi connectivity index (χ2v) is 9.11. The van der Waals surface area contributed by atoms with Crippen LogP contribution in [0.25, 0.3) is 0 Å². The molecule has 4 N–H and O–H groups in total. The number of unbranched alkanes of at least 4 members (excludes halogenated alkanes) is 1. The molecule has 0 spiro atoms. The summed E-state index contributed by atoms with van der Waals surface area (Å²) in [5.74, 6) is 0.104. The zero-order chi connectivity index (χ0) is 21.5. The summed E-state index contributed by atoms with van der Waals surface area (Å²) >= 11 is 0. The average Bonchev–Trinajstić information content (AvgIpc) is 2.57. The molecule has 28 heavy (non-hydrogen) atoms. The number of allylic oxidation sites excluding steroid dienone is 1. The van der Waals surface area contributed by atoms with Crippen molar-refractivity contribution < 1.29 is 14.4 Å². The van der Waals surface area contributed by atoms with Crippen LogP contribution in [0.1, 0.15) is 73.6 Å². The second kappa shape index (κ2) is 10.7. The summed E-state index contributed by atoms with van der Waals surface area (Å²) in [6.07, 6.45) is 6.46. The van der Waals surface area contributed by atoms with Crippen molar-refractivity contribution in [2.75, 3.05) is 6.54 Å². The normalized spacial score (nSPS) is 19.7. The molecule has 0 aromatic carbocycles. The minimum atomic E-state index is -0.681. The van der Waals surface area contributed by atoms with E-state index in [0.29, 0.717) is 12.3 Å². The molecule has 0 heterocycles. The molecule has 0 radical (unpaired) electrons. The molecule has 0 saturated heterocycles. The van der Waals surface area contributed by atoms with E-state index >= 15 is 0 Å². The van der Waals surface area contributed by atoms with E-state index < -0.39 is 17.5 Å². The number of carbonyl (C=O) groups is 3. The van der Waals surface area contributed by atoms with Crippen LogP contribution in [-0.2, 0) is 14.4 Å². The Hall–Kier alpha value is -1.69. The summed E-state index contributed by atoms with van der Waals surface area (Å²) in [4.78, 5) is 36.4. The van der Waals surface area contributed by atoms with Gasteiger partial charge in [-0.3, -0.25) is 14.4 Å². The van der Waals surface area contributed by atoms with Crippen LogP contribution in [0.4, 0.5) is 0 Å². The topological polar surface area (TPSA) is 101 Å². The van der Waals surface area contributed by atoms with Crippen LogP contribution >= 0.6 is 0 Å². The Morgan fingerprint density at radius 3 is 2.39 bits per heavy atom. The van der Waals surface area contributed by atoms with E-state index in [9.17, 15) is 14.4 Å². The highest BCUT2D eigenvalue weighted by Gasteiger charge is 2.33. The third kappa shape index (κ3) is 7.38. The molecule has 160 valence electrons. The monoisotopic (exact) mass is 393 g/mol. The van der Waals surface area contributed by atoms with Gasteiger partial charge in [0.25, 0.3) is 0 Å². The molecule has 6 nitrogen and oxygen atoms in total. The Morgan fingerprint density at radius 2 is 1.86 bits per heavy atom. The molecule has 0 aliphatic heterocycles. The molecule has 1 aliphatic carbocycles. The largest absolute Gasteiger partial charge is 0.356 e. The third-order valence-corrected chi connectivity index (χ3v) is 5.46. The van der Waals surface area contributed by atoms with Crippen molar-refractivity contribution in [2.24, 2.45) is 23.0 Å². The van der Waals surface area contributed by atoms with E-state index in [0.717, 1.165) is 37.8 Å². The van der Waals surface area contributed by atoms with Gasteiger partial charge in [0.1, 0.15) is 0 Å². The van der Waals surface area contributed by atoms with E-state index in [1.54, 1.807) is 6.92 Å². The summed E-state index contributed by atoms with van der Waals surface area (Å²) in [6.45, 7) is 12.0. The lowest BCUT2D eigenvalue weighted by molar-refractivity contribution is -0.132. The molecular weight excluding hydrogens is 354 g/mol. The second-order valence-electron chi connectivity index (χ2n) is 9.11. The molecule has 1 aliphatic rings. The van der Waals surface area contributed by atoms with Gasteiger partial charge < -0.3 is 16.4 Å². The molecule has 0 aromatic heterocycles. The van der Waals surface area contributed by atoms with E-state index in [2.05, 4.69) is 23.6 Å². The van der Waals surface area contributed by atoms with Crippen molar-refractivity contribution in [2.45, 2.75) is 85.7 Å². The fourth-order valence-corrected chi connectivity index (χ4v) is 3.39. The molecular formula is C22H39N3O3. The van der Waals surface area contributed by atoms with E-state index in [1.807, 2.05) is 27.7 Å². The lowest BCUT2D eigenvalue weighted by Crippen LogP contribution is -2.52. The quantitative estimate of drug-likeness (QED) is 0.371. The maximum absolute atomic E-state index is 12.4. The van der Waals surface area contributed by atoms with Gasteiger partial charge in [0, 0.05) is 24.3 Å². The van der Waals surface area contributed by atoms with E-state index in [-0.39, 0.29) is 23.5 Å². The number of nitrogens with one attached hydrogen (secondary N) is 2. The highest BCUT2D eigenvalue weighted by molar-refractivity contribution is 5.93. The van der Waals surface area contributed by atoms with Crippen LogP contribution in [0, 0.1) is 17.3 Å². The Balaban J connectivity index is 2.42. The lowest BCUT2D eigenvalue weighted by Gasteiger charge is -2.33. The van der Waals surface area contributed by atoms with Gasteiger partial charge in [-0.05, 0) is 32.1 Å². The van der Waals surface area contributed by atoms with Gasteiger partial charge in [0.15, 0.2) is 5.78 Å². The number of amides is 2. The zero-order valence-corrected chi connectivity index (χ0v) is 18.4. The smallest absolute Gasteiger partial charge is 0.238 e. The summed E-state index contributed by atoms with van der Waals surface area (Å²) in [5, 5.41) is 5.68. The van der Waals surface area contributed by atoms with E-state index in [4.69, 9.17) is 5.73 Å². The van der Waals surface area contributed by atoms with Crippen molar-refractivity contribution in [1.82, 2.24) is 10.6 Å². The molecule has 2 amide bonds. The van der Waals surface area contributed by atoms with Gasteiger partial charge in [0.2, 0.25) is 11.8 Å². The Labute approximate surface area is 170 Å². The number of carbonyl (C=O) groups excluding carboxylic acids is 3. The van der Waals surface area contributed by atoms with Gasteiger partial charge >= 0.3 is 0 Å². The fraction of sp³-hybridized carbons (Fsp3) is 0.773. The van der Waals surface area contributed by atoms with Gasteiger partial charge in [-0.2, -0.15) is 0 Å². The maximum atomic E-state index is 12.4. The Morgan fingerprint density at radius 1 is 1.25 bits per heavy atom. The molecule has 1 rings (SSSR count). The molecule has 0 aromatic rings. The zero-order valence-electron chi connectivity index (χ0n) is 18.4. The van der Waals surface area contributed by atoms with Crippen LogP contribution in [-0.4, -0.2) is 36.2 Å². The number of ketones is 1. The van der Waals surface area contributed by atoms with Crippen LogP contribution in [0.15, 0.2) is 11.6 Å². The van der Waals surface area contributed by atoms with Crippen molar-refractivity contribution in [1.29, 1.82) is 0 Å². The average molecular weight is 394 g/mol. The lowest BCUT2D eigenvalue weighted by atomic mass is 9.75. The molecule has 0 saturated carbocycles. The van der Waals surface area contributed by atoms with Crippen LogP contribution in [0.2, 0.25) is 0 Å². The number of nitrogens with two attached hydrogens (primary N) is 1. The fourth-order valence-electron chi connectivity index (χ4n) is 3.39. The predicted octanol–water partition coefficient (Wildman–Crippen LogP) is 2.71. The minimum Gasteiger partial charge on any atom is -0.356 e. The van der Waals surface area contributed by atoms with Crippen LogP contribution in [0.5, 0.6) is 0 Å². The SMILES string of the molecule is CCCCNC(=O)CCC1C=C([C@@H](C)C(N)C(=O)N[C@@H](C)C(=O)C(C)(C)C)C1. The first-order valence-electron chi connectivity index (χ1n) is 10.5. The Kier molecular flexibility index (Phi) is 9.34. The van der Waals surface area contributed by atoms with Crippen molar-refractivity contribution >= 4 is 17.6 Å². The minimum absolute atomic E-state index is 0.0131. The standard InChI is InChI=1S/C22H39N3O3/c1-7-8-11-24-18(26)10-9-16-12-17(13-16)14(2)19(23)21(28)25-15(3)20(27)22(4,5)6/h12,14-16,19H,7-11,13,23H2,1-6H3,(H,24,26)(H,25,28)/t14-,15+,16?,19?/m1/s1. The first-order valence-corrected chi connectivity index (χ1v) is 10.5. The van der Waals surface area contributed by atoms with Crippen molar-refractivity contribution in [3.05, 3.63) is 11.6 Å². The predicted molar refractivity (Wildman–Crippen MR) is 113 cm³/mol. The first-order chi connectivity index (χ1) is 13.0. The molecule has 6 heteroatoms. The number of Topliss-reactive ketones (excluding diaryl/α,β-unsaturated/α-hetero) is 1. The number of rotatable bonds is 11. The van der Waals surface area contributed by atoms with Gasteiger partial charge in [-0.25, -0.2) is 0 Å². The molecule has 0 bridgehead atoms. The summed E-state index contributed by atoms with van der Waals surface area (Å²) in [6, 6.07) is -1.24. The maximum Gasteiger partial charge on any atom is 0.238 e. The summed E-state index contributed by atoms with van der Waals surface area (Å²) in [7, 11) is 0. The van der Waals surface area contributed by atoms with Crippen LogP contribution < -0.4 is 16.4 Å². The van der Waals surface area contributed by atoms with Gasteiger partial charge in [0.05, 0.1) is 12.1 Å². The van der Waals surface area contributed by atoms with Gasteiger partial charge in [-0.1, -0.05) is 52.7 Å². The molecule has 0 fully saturated rings.